The molecule has 13 aromatic rings. The predicted octanol–water partition coefficient (Wildman–Crippen LogP) is 31.5. The minimum Gasteiger partial charge on any atom is -0.444 e. The van der Waals surface area contributed by atoms with Crippen molar-refractivity contribution < 1.29 is 107 Å². The topological polar surface area (TPSA) is 61.7 Å². The predicted molar refractivity (Wildman–Crippen MR) is 590 cm³/mol. The molecule has 10 nitrogen and oxygen atoms in total. The zero-order valence-electron chi connectivity index (χ0n) is 91.3. The van der Waals surface area contributed by atoms with Crippen LogP contribution >= 0.6 is 0 Å². The van der Waals surface area contributed by atoms with Crippen LogP contribution < -0.4 is 33.6 Å². The molecule has 0 fully saturated rings. The summed E-state index contributed by atoms with van der Waals surface area (Å²) in [5.74, 6) is 0.837. The van der Waals surface area contributed by atoms with Crippen LogP contribution in [0.5, 0.6) is 0 Å². The smallest absolute Gasteiger partial charge is 0.444 e. The molecule has 8 aliphatic heterocycles. The van der Waals surface area contributed by atoms with Gasteiger partial charge in [0.1, 0.15) is 16.6 Å². The molecule has 29 rings (SSSR count). The second-order valence-corrected chi connectivity index (χ2v) is 32.2. The largest absolute Gasteiger partial charge is 2.00 e. The summed E-state index contributed by atoms with van der Waals surface area (Å²) < 4.78 is 7.73. The van der Waals surface area contributed by atoms with Crippen molar-refractivity contribution in [2.45, 2.75) is 314 Å². The Balaban J connectivity index is 0.000000225. The molecule has 6 atom stereocenters. The van der Waals surface area contributed by atoms with E-state index in [-0.39, 0.29) is 99.3 Å². The third-order valence-corrected chi connectivity index (χ3v) is 28.0. The number of benzene rings is 10. The van der Waals surface area contributed by atoms with Gasteiger partial charge in [-0.15, -0.1) is 19.6 Å². The van der Waals surface area contributed by atoms with Gasteiger partial charge in [-0.05, 0) is 197 Å². The van der Waals surface area contributed by atoms with Gasteiger partial charge in [0.2, 0.25) is 0 Å². The zero-order chi connectivity index (χ0) is 101. The molecule has 13 heteroatoms. The van der Waals surface area contributed by atoms with Crippen LogP contribution in [0.1, 0.15) is 423 Å². The minimum absolute atomic E-state index is 0. The average Bonchev–Trinajstić information content (AvgIpc) is 1.60. The van der Waals surface area contributed by atoms with Gasteiger partial charge in [-0.2, -0.15) is 0 Å². The molecular weight excluding hydrogens is 2390 g/mol. The van der Waals surface area contributed by atoms with Gasteiger partial charge in [0.15, 0.2) is 35.7 Å². The van der Waals surface area contributed by atoms with Crippen LogP contribution in [-0.2, 0) is 74.4 Å². The number of rotatable bonds is 3. The molecule has 0 radical (unpaired) electrons. The molecule has 8 aliphatic carbocycles. The van der Waals surface area contributed by atoms with E-state index in [1.54, 1.807) is 11.1 Å². The van der Waals surface area contributed by atoms with E-state index in [0.717, 1.165) is 74.8 Å². The maximum absolute atomic E-state index is 6.13. The Labute approximate surface area is 923 Å². The Morgan fingerprint density at radius 2 is 0.461 bits per heavy atom. The maximum atomic E-state index is 6.13. The van der Waals surface area contributed by atoms with Crippen molar-refractivity contribution in [2.75, 3.05) is 19.9 Å². The fourth-order valence-corrected chi connectivity index (χ4v) is 24.8. The van der Waals surface area contributed by atoms with Gasteiger partial charge in [0.25, 0.3) is 0 Å². The summed E-state index contributed by atoms with van der Waals surface area (Å²) in [6.07, 6.45) is 15.7. The summed E-state index contributed by atoms with van der Waals surface area (Å²) in [5.41, 5.74) is 53.7. The third kappa shape index (κ3) is 17.5. The number of hydrazone groups is 3. The molecule has 10 aromatic carbocycles. The fraction of sp³-hybridized carbons (Fsp3) is 0.367. The van der Waals surface area contributed by atoms with Crippen LogP contribution in [0.15, 0.2) is 234 Å². The van der Waals surface area contributed by atoms with E-state index in [1.165, 1.54) is 190 Å². The van der Waals surface area contributed by atoms with Crippen molar-refractivity contribution in [3.63, 3.8) is 0 Å². The Hall–Kier alpha value is -8.98. The Bertz CT molecular complexity index is 6290. The van der Waals surface area contributed by atoms with E-state index in [4.69, 9.17) is 20.2 Å². The quantitative estimate of drug-likeness (QED) is 0.100. The van der Waals surface area contributed by atoms with Gasteiger partial charge in [0, 0.05) is 117 Å². The van der Waals surface area contributed by atoms with E-state index in [9.17, 15) is 0 Å². The van der Waals surface area contributed by atoms with Crippen molar-refractivity contribution in [1.29, 1.82) is 0 Å². The van der Waals surface area contributed by atoms with Gasteiger partial charge < -0.3 is 55.4 Å². The van der Waals surface area contributed by atoms with Crippen molar-refractivity contribution in [2.24, 2.45) is 15.3 Å². The number of pyridine rings is 3. The minimum atomic E-state index is -0.515. The summed E-state index contributed by atoms with van der Waals surface area (Å²) in [6.45, 7) is 88.9. The molecule has 730 valence electrons. The number of hydrogen-bond acceptors (Lipinski definition) is 7. The first kappa shape index (κ1) is 117. The van der Waals surface area contributed by atoms with E-state index in [0.29, 0.717) is 11.8 Å². The SMILES string of the molecule is CC.CC.CC.CC.CC.CC.CC.CC.CC.CC.CC.CC.CC.CC.CC.CC.[CH-]=NN1[CH-]C23c4c(cccc41)Cc1ccc4c(c12)C1c2c(cccc2Cc2ccc[n+]3c21)C4.[CH-]=NN1[CH-]C23c4c(cccc41)Cc1ccc4c(c12)C1c2c(cccc2Cc2ccc[n+]3c21)C4.[CH-]=NN1[CH-]C23c4c1cccc4N1c4ccccc4Cc4cc5c(c2c41)C1c2c(cccc2Cc2ccc[n+]3c21)C5.[U+2].[U+2].[U+2]. The van der Waals surface area contributed by atoms with E-state index in [2.05, 4.69) is 272 Å². The first-order chi connectivity index (χ1) is 68.4. The molecule has 3 aromatic heterocycles. The van der Waals surface area contributed by atoms with Crippen LogP contribution in [0.3, 0.4) is 0 Å². The van der Waals surface area contributed by atoms with Crippen molar-refractivity contribution in [3.05, 3.63) is 422 Å². The summed E-state index contributed by atoms with van der Waals surface area (Å²) in [7, 11) is 0. The molecule has 11 heterocycles. The summed E-state index contributed by atoms with van der Waals surface area (Å²) in [6, 6.07) is 75.4. The average molecular weight is 2550 g/mol. The second-order valence-electron chi connectivity index (χ2n) is 32.2. The number of anilines is 6. The molecule has 6 unspecified atom stereocenters. The Morgan fingerprint density at radius 3 is 0.816 bits per heavy atom. The monoisotopic (exact) mass is 2550 g/mol. The maximum Gasteiger partial charge on any atom is 2.00 e. The van der Waals surface area contributed by atoms with Crippen LogP contribution in [0.2, 0.25) is 0 Å². The molecule has 16 aliphatic rings. The van der Waals surface area contributed by atoms with E-state index in [1.807, 2.05) is 237 Å². The van der Waals surface area contributed by atoms with Crippen LogP contribution in [0, 0.1) is 113 Å². The summed E-state index contributed by atoms with van der Waals surface area (Å²) in [5, 5.41) is 18.5. The molecule has 3 spiro atoms. The van der Waals surface area contributed by atoms with Crippen molar-refractivity contribution >= 4 is 54.3 Å². The second kappa shape index (κ2) is 51.7. The molecule has 0 N–H and O–H groups in total. The molecule has 141 heavy (non-hydrogen) atoms. The van der Waals surface area contributed by atoms with Crippen LogP contribution in [0.4, 0.5) is 34.1 Å². The van der Waals surface area contributed by atoms with Crippen LogP contribution in [-0.4, -0.2) is 20.2 Å². The summed E-state index contributed by atoms with van der Waals surface area (Å²) >= 11 is 0. The third-order valence-electron chi connectivity index (χ3n) is 28.0. The molecule has 0 saturated heterocycles. The Morgan fingerprint density at radius 1 is 0.227 bits per heavy atom. The van der Waals surface area contributed by atoms with Gasteiger partial charge >= 0.3 is 93.3 Å². The van der Waals surface area contributed by atoms with E-state index < -0.39 is 16.6 Å². The standard InChI is InChI=1S/C36H23N4.2C30H20N3.16C2H6.3U/c1-37-39-19-36-32-27(39)12-5-13-28(32)40-26-11-3-2-7-20(26)15-25-18-24-17-22-9-4-8-21-16-23-10-6-14-38(36)34(23)31(29(21)22)30(24)33(36)35(25)40;2*1-31-33-16-30-27-20(7-3-9-23(27)33)15-21-11-10-19-13-17-5-2-6-18-14-22-8-4-12-32(30)29(22)26(24(17)18)25(19)28(21)30;16*1-2;;;/h1-14,18-19,31H,15-17H2;2*1-12,16,26H,13-15H2;16*1-2H3;;;/q3*-1;;;;;;;;;;;;;;;;;3*+2. The van der Waals surface area contributed by atoms with E-state index >= 15 is 0 Å². The number of hydrogen-bond donors (Lipinski definition) is 0. The fourth-order valence-electron chi connectivity index (χ4n) is 24.8. The first-order valence-corrected chi connectivity index (χ1v) is 53.7. The van der Waals surface area contributed by atoms with Crippen molar-refractivity contribution in [3.8, 4) is 0 Å². The van der Waals surface area contributed by atoms with Crippen LogP contribution in [0.25, 0.3) is 0 Å². The van der Waals surface area contributed by atoms with Gasteiger partial charge in [0.05, 0.1) is 29.1 Å². The number of fused-ring (bicyclic) bond motifs is 3. The molecule has 0 saturated carbocycles. The number of aromatic nitrogens is 3. The first-order valence-electron chi connectivity index (χ1n) is 53.7. The van der Waals surface area contributed by atoms with Gasteiger partial charge in [-0.25, -0.2) is 13.7 Å². The molecule has 0 amide bonds. The normalized spacial score (nSPS) is 17.7. The van der Waals surface area contributed by atoms with Crippen molar-refractivity contribution in [1.82, 2.24) is 0 Å². The summed E-state index contributed by atoms with van der Waals surface area (Å²) in [4.78, 5) is 2.55. The van der Waals surface area contributed by atoms with Gasteiger partial charge in [-0.3, -0.25) is 0 Å². The number of para-hydroxylation sites is 1. The number of nitrogens with zero attached hydrogens (tertiary/aromatic N) is 10. The van der Waals surface area contributed by atoms with Gasteiger partial charge in [-0.1, -0.05) is 355 Å². The molecule has 0 bridgehead atoms. The zero-order valence-corrected chi connectivity index (χ0v) is 104. The molecular formula is C128H159N10U3+3. The Kier molecular flexibility index (Phi) is 43.0.